The average molecular weight is 192 g/mol. The number of allylic oxidation sites excluding steroid dienone is 2. The maximum atomic E-state index is 12.5. The van der Waals surface area contributed by atoms with Gasteiger partial charge in [0.05, 0.1) is 5.25 Å². The van der Waals surface area contributed by atoms with Crippen LogP contribution >= 0.6 is 0 Å². The number of halogens is 1. The Labute approximate surface area is 72.7 Å². The fourth-order valence-electron chi connectivity index (χ4n) is 1.45. The van der Waals surface area contributed by atoms with E-state index < -0.39 is 15.5 Å². The molecule has 1 rings (SSSR count). The second-order valence-electron chi connectivity index (χ2n) is 3.40. The van der Waals surface area contributed by atoms with E-state index in [1.54, 1.807) is 0 Å². The van der Waals surface area contributed by atoms with Gasteiger partial charge in [-0.2, -0.15) is 8.42 Å². The summed E-state index contributed by atoms with van der Waals surface area (Å²) in [6.45, 7) is 3.84. The lowest BCUT2D eigenvalue weighted by molar-refractivity contribution is 0.517. The maximum Gasteiger partial charge on any atom is 0.305 e. The first kappa shape index (κ1) is 9.71. The van der Waals surface area contributed by atoms with Gasteiger partial charge in [0.25, 0.3) is 0 Å². The summed E-state index contributed by atoms with van der Waals surface area (Å²) >= 11 is 0. The first-order chi connectivity index (χ1) is 5.41. The van der Waals surface area contributed by atoms with E-state index in [9.17, 15) is 12.3 Å². The molecule has 12 heavy (non-hydrogen) atoms. The van der Waals surface area contributed by atoms with E-state index in [0.29, 0.717) is 19.3 Å². The van der Waals surface area contributed by atoms with E-state index in [-0.39, 0.29) is 0 Å². The van der Waals surface area contributed by atoms with Gasteiger partial charge in [-0.25, -0.2) is 0 Å². The minimum absolute atomic E-state index is 0.366. The van der Waals surface area contributed by atoms with Gasteiger partial charge in [0.2, 0.25) is 0 Å². The first-order valence-electron chi connectivity index (χ1n) is 4.00. The van der Waals surface area contributed by atoms with E-state index in [4.69, 9.17) is 0 Å². The molecule has 0 spiro atoms. The average Bonchev–Trinajstić information content (AvgIpc) is 1.92. The van der Waals surface area contributed by atoms with Crippen LogP contribution in [0.25, 0.3) is 0 Å². The standard InChI is InChI=1S/C8H13FO2S/c1-6-3-4-8(5-7(6)2)12(9,10)11/h8H,3-5H2,1-2H3. The number of rotatable bonds is 1. The highest BCUT2D eigenvalue weighted by Crippen LogP contribution is 2.29. The predicted octanol–water partition coefficient (Wildman–Crippen LogP) is 2.17. The highest BCUT2D eigenvalue weighted by atomic mass is 32.3. The van der Waals surface area contributed by atoms with Crippen LogP contribution in [0.5, 0.6) is 0 Å². The molecule has 1 unspecified atom stereocenters. The lowest BCUT2D eigenvalue weighted by atomic mass is 9.94. The third kappa shape index (κ3) is 2.06. The van der Waals surface area contributed by atoms with Gasteiger partial charge >= 0.3 is 10.2 Å². The molecule has 0 saturated carbocycles. The molecule has 0 aromatic carbocycles. The minimum atomic E-state index is -4.32. The molecule has 0 bridgehead atoms. The summed E-state index contributed by atoms with van der Waals surface area (Å²) < 4.78 is 33.6. The van der Waals surface area contributed by atoms with E-state index in [2.05, 4.69) is 0 Å². The number of hydrogen-bond donors (Lipinski definition) is 0. The van der Waals surface area contributed by atoms with Gasteiger partial charge < -0.3 is 0 Å². The lowest BCUT2D eigenvalue weighted by Gasteiger charge is -2.20. The molecule has 0 aliphatic heterocycles. The lowest BCUT2D eigenvalue weighted by Crippen LogP contribution is -2.21. The van der Waals surface area contributed by atoms with Crippen molar-refractivity contribution in [3.8, 4) is 0 Å². The smallest absolute Gasteiger partial charge is 0.195 e. The van der Waals surface area contributed by atoms with Gasteiger partial charge in [0.1, 0.15) is 0 Å². The van der Waals surface area contributed by atoms with Crippen molar-refractivity contribution in [3.05, 3.63) is 11.1 Å². The van der Waals surface area contributed by atoms with Crippen LogP contribution < -0.4 is 0 Å². The molecule has 0 fully saturated rings. The molecule has 0 saturated heterocycles. The van der Waals surface area contributed by atoms with E-state index >= 15 is 0 Å². The molecule has 70 valence electrons. The molecule has 1 aliphatic rings. The van der Waals surface area contributed by atoms with Crippen molar-refractivity contribution in [2.75, 3.05) is 0 Å². The Morgan fingerprint density at radius 3 is 2.33 bits per heavy atom. The molecule has 0 heterocycles. The zero-order valence-electron chi connectivity index (χ0n) is 7.30. The van der Waals surface area contributed by atoms with Gasteiger partial charge in [0.15, 0.2) is 0 Å². The first-order valence-corrected chi connectivity index (χ1v) is 5.44. The van der Waals surface area contributed by atoms with Crippen LogP contribution in [0, 0.1) is 0 Å². The molecular formula is C8H13FO2S. The molecular weight excluding hydrogens is 179 g/mol. The van der Waals surface area contributed by atoms with Crippen LogP contribution in [0.3, 0.4) is 0 Å². The fourth-order valence-corrected chi connectivity index (χ4v) is 2.30. The summed E-state index contributed by atoms with van der Waals surface area (Å²) in [7, 11) is -4.32. The highest BCUT2D eigenvalue weighted by Gasteiger charge is 2.28. The van der Waals surface area contributed by atoms with Crippen molar-refractivity contribution < 1.29 is 12.3 Å². The Morgan fingerprint density at radius 1 is 1.33 bits per heavy atom. The van der Waals surface area contributed by atoms with Crippen LogP contribution in [0.1, 0.15) is 33.1 Å². The summed E-state index contributed by atoms with van der Waals surface area (Å²) in [6, 6.07) is 0. The van der Waals surface area contributed by atoms with Gasteiger partial charge in [-0.05, 0) is 33.1 Å². The molecule has 0 aromatic rings. The summed E-state index contributed by atoms with van der Waals surface area (Å²) in [5.41, 5.74) is 2.22. The Kier molecular flexibility index (Phi) is 2.56. The molecule has 0 N–H and O–H groups in total. The molecule has 1 atom stereocenters. The van der Waals surface area contributed by atoms with Crippen molar-refractivity contribution in [2.24, 2.45) is 0 Å². The Morgan fingerprint density at radius 2 is 1.92 bits per heavy atom. The fraction of sp³-hybridized carbons (Fsp3) is 0.750. The number of hydrogen-bond acceptors (Lipinski definition) is 2. The van der Waals surface area contributed by atoms with Gasteiger partial charge in [0, 0.05) is 0 Å². The van der Waals surface area contributed by atoms with Crippen LogP contribution in [0.4, 0.5) is 3.89 Å². The Balaban J connectivity index is 2.81. The Bertz CT molecular complexity index is 303. The van der Waals surface area contributed by atoms with Crippen LogP contribution in [-0.4, -0.2) is 13.7 Å². The largest absolute Gasteiger partial charge is 0.305 e. The third-order valence-corrected chi connectivity index (χ3v) is 3.70. The van der Waals surface area contributed by atoms with E-state index in [0.717, 1.165) is 5.57 Å². The normalized spacial score (nSPS) is 26.1. The van der Waals surface area contributed by atoms with Crippen molar-refractivity contribution in [2.45, 2.75) is 38.4 Å². The minimum Gasteiger partial charge on any atom is -0.195 e. The Hall–Kier alpha value is -0.380. The highest BCUT2D eigenvalue weighted by molar-refractivity contribution is 7.87. The van der Waals surface area contributed by atoms with Gasteiger partial charge in [-0.1, -0.05) is 11.1 Å². The van der Waals surface area contributed by atoms with Crippen LogP contribution in [0.15, 0.2) is 11.1 Å². The summed E-state index contributed by atoms with van der Waals surface area (Å²) in [4.78, 5) is 0. The van der Waals surface area contributed by atoms with Crippen molar-refractivity contribution >= 4 is 10.2 Å². The topological polar surface area (TPSA) is 34.1 Å². The third-order valence-electron chi connectivity index (χ3n) is 2.50. The second kappa shape index (κ2) is 3.17. The summed E-state index contributed by atoms with van der Waals surface area (Å²) in [6.07, 6.45) is 1.51. The van der Waals surface area contributed by atoms with Crippen LogP contribution in [-0.2, 0) is 10.2 Å². The molecule has 0 amide bonds. The summed E-state index contributed by atoms with van der Waals surface area (Å²) in [5.74, 6) is 0. The monoisotopic (exact) mass is 192 g/mol. The zero-order chi connectivity index (χ0) is 9.35. The molecule has 1 aliphatic carbocycles. The van der Waals surface area contributed by atoms with Gasteiger partial charge in [-0.15, -0.1) is 3.89 Å². The molecule has 2 nitrogen and oxygen atoms in total. The van der Waals surface area contributed by atoms with Crippen molar-refractivity contribution in [1.29, 1.82) is 0 Å². The molecule has 0 radical (unpaired) electrons. The van der Waals surface area contributed by atoms with E-state index in [1.165, 1.54) is 5.57 Å². The molecule has 4 heteroatoms. The summed E-state index contributed by atoms with van der Waals surface area (Å²) in [5, 5.41) is -0.791. The second-order valence-corrected chi connectivity index (χ2v) is 5.02. The maximum absolute atomic E-state index is 12.5. The van der Waals surface area contributed by atoms with Gasteiger partial charge in [-0.3, -0.25) is 0 Å². The zero-order valence-corrected chi connectivity index (χ0v) is 8.12. The van der Waals surface area contributed by atoms with E-state index in [1.807, 2.05) is 13.8 Å². The SMILES string of the molecule is CC1=C(C)CC(S(=O)(=O)F)CC1. The van der Waals surface area contributed by atoms with Crippen molar-refractivity contribution in [1.82, 2.24) is 0 Å². The van der Waals surface area contributed by atoms with Crippen LogP contribution in [0.2, 0.25) is 0 Å². The molecule has 0 aromatic heterocycles. The quantitative estimate of drug-likeness (QED) is 0.471. The predicted molar refractivity (Wildman–Crippen MR) is 46.0 cm³/mol. The van der Waals surface area contributed by atoms with Crippen molar-refractivity contribution in [3.63, 3.8) is 0 Å².